The zero-order valence-electron chi connectivity index (χ0n) is 12.3. The van der Waals surface area contributed by atoms with E-state index in [0.29, 0.717) is 0 Å². The standard InChI is InChI=1S/C17H25NO/c1-4-15(3)13-18(5-2)14-17-9-6-8-16(12-17)10-7-11-19/h6,8-9,12,15,19H,4-5,11,13-14H2,1-3H3. The van der Waals surface area contributed by atoms with Gasteiger partial charge in [-0.05, 0) is 30.2 Å². The molecule has 0 fully saturated rings. The van der Waals surface area contributed by atoms with Crippen molar-refractivity contribution in [3.8, 4) is 11.8 Å². The number of hydrogen-bond donors (Lipinski definition) is 1. The van der Waals surface area contributed by atoms with Gasteiger partial charge in [0.1, 0.15) is 6.61 Å². The largest absolute Gasteiger partial charge is 0.384 e. The van der Waals surface area contributed by atoms with Gasteiger partial charge in [0.05, 0.1) is 0 Å². The predicted octanol–water partition coefficient (Wildman–Crippen LogP) is 2.90. The Balaban J connectivity index is 2.69. The molecule has 0 heterocycles. The molecule has 0 amide bonds. The summed E-state index contributed by atoms with van der Waals surface area (Å²) in [5.41, 5.74) is 2.26. The average Bonchev–Trinajstić information content (AvgIpc) is 2.44. The summed E-state index contributed by atoms with van der Waals surface area (Å²) >= 11 is 0. The van der Waals surface area contributed by atoms with Crippen LogP contribution in [0.2, 0.25) is 0 Å². The van der Waals surface area contributed by atoms with Crippen LogP contribution in [0.15, 0.2) is 24.3 Å². The summed E-state index contributed by atoms with van der Waals surface area (Å²) in [6.07, 6.45) is 1.22. The second-order valence-electron chi connectivity index (χ2n) is 5.00. The smallest absolute Gasteiger partial charge is 0.104 e. The zero-order chi connectivity index (χ0) is 14.1. The number of aliphatic hydroxyl groups excluding tert-OH is 1. The fourth-order valence-electron chi connectivity index (χ4n) is 2.02. The van der Waals surface area contributed by atoms with Gasteiger partial charge in [-0.15, -0.1) is 0 Å². The fourth-order valence-corrected chi connectivity index (χ4v) is 2.02. The first-order valence-corrected chi connectivity index (χ1v) is 7.10. The fraction of sp³-hybridized carbons (Fsp3) is 0.529. The maximum atomic E-state index is 8.72. The molecular weight excluding hydrogens is 234 g/mol. The van der Waals surface area contributed by atoms with Crippen molar-refractivity contribution in [3.05, 3.63) is 35.4 Å². The van der Waals surface area contributed by atoms with Crippen molar-refractivity contribution >= 4 is 0 Å². The van der Waals surface area contributed by atoms with E-state index in [9.17, 15) is 0 Å². The number of nitrogens with zero attached hydrogens (tertiary/aromatic N) is 1. The van der Waals surface area contributed by atoms with Gasteiger partial charge in [-0.25, -0.2) is 0 Å². The predicted molar refractivity (Wildman–Crippen MR) is 80.8 cm³/mol. The molecule has 19 heavy (non-hydrogen) atoms. The Hall–Kier alpha value is -1.30. The Kier molecular flexibility index (Phi) is 7.25. The van der Waals surface area contributed by atoms with E-state index in [0.717, 1.165) is 31.1 Å². The van der Waals surface area contributed by atoms with E-state index < -0.39 is 0 Å². The molecule has 1 N–H and O–H groups in total. The van der Waals surface area contributed by atoms with Crippen molar-refractivity contribution in [2.24, 2.45) is 5.92 Å². The van der Waals surface area contributed by atoms with Gasteiger partial charge in [-0.3, -0.25) is 4.90 Å². The molecule has 1 atom stereocenters. The van der Waals surface area contributed by atoms with Crippen LogP contribution in [0.25, 0.3) is 0 Å². The van der Waals surface area contributed by atoms with Crippen LogP contribution in [0.3, 0.4) is 0 Å². The van der Waals surface area contributed by atoms with E-state index in [1.807, 2.05) is 12.1 Å². The molecule has 1 aromatic rings. The Morgan fingerprint density at radius 1 is 1.32 bits per heavy atom. The van der Waals surface area contributed by atoms with Gasteiger partial charge < -0.3 is 5.11 Å². The lowest BCUT2D eigenvalue weighted by atomic mass is 10.1. The van der Waals surface area contributed by atoms with Crippen molar-refractivity contribution in [2.75, 3.05) is 19.7 Å². The van der Waals surface area contributed by atoms with Crippen molar-refractivity contribution in [3.63, 3.8) is 0 Å². The summed E-state index contributed by atoms with van der Waals surface area (Å²) in [7, 11) is 0. The second kappa shape index (κ2) is 8.74. The molecule has 0 radical (unpaired) electrons. The lowest BCUT2D eigenvalue weighted by molar-refractivity contribution is 0.238. The molecule has 1 unspecified atom stereocenters. The quantitative estimate of drug-likeness (QED) is 0.794. The summed E-state index contributed by atoms with van der Waals surface area (Å²) in [6.45, 7) is 9.83. The normalized spacial score (nSPS) is 12.1. The van der Waals surface area contributed by atoms with Crippen molar-refractivity contribution in [2.45, 2.75) is 33.7 Å². The minimum Gasteiger partial charge on any atom is -0.384 e. The van der Waals surface area contributed by atoms with Crippen LogP contribution in [0, 0.1) is 17.8 Å². The molecule has 2 nitrogen and oxygen atoms in total. The molecule has 0 aliphatic heterocycles. The maximum absolute atomic E-state index is 8.72. The van der Waals surface area contributed by atoms with Crippen molar-refractivity contribution in [1.82, 2.24) is 4.90 Å². The third-order valence-corrected chi connectivity index (χ3v) is 3.36. The average molecular weight is 259 g/mol. The number of benzene rings is 1. The van der Waals surface area contributed by atoms with Gasteiger partial charge in [0.2, 0.25) is 0 Å². The van der Waals surface area contributed by atoms with Gasteiger partial charge in [-0.2, -0.15) is 0 Å². The first-order chi connectivity index (χ1) is 9.19. The van der Waals surface area contributed by atoms with Crippen LogP contribution in [-0.2, 0) is 6.54 Å². The van der Waals surface area contributed by atoms with Gasteiger partial charge >= 0.3 is 0 Å². The minimum absolute atomic E-state index is 0.0840. The molecule has 0 aliphatic rings. The van der Waals surface area contributed by atoms with E-state index >= 15 is 0 Å². The van der Waals surface area contributed by atoms with Gasteiger partial charge in [0.15, 0.2) is 0 Å². The second-order valence-corrected chi connectivity index (χ2v) is 5.00. The van der Waals surface area contributed by atoms with Crippen LogP contribution in [-0.4, -0.2) is 29.7 Å². The molecular formula is C17H25NO. The number of hydrogen-bond acceptors (Lipinski definition) is 2. The topological polar surface area (TPSA) is 23.5 Å². The Labute approximate surface area is 117 Å². The Bertz CT molecular complexity index is 430. The molecule has 1 rings (SSSR count). The lowest BCUT2D eigenvalue weighted by Crippen LogP contribution is -2.27. The molecule has 1 aromatic carbocycles. The van der Waals surface area contributed by atoms with Crippen LogP contribution in [0.1, 0.15) is 38.3 Å². The molecule has 0 spiro atoms. The zero-order valence-corrected chi connectivity index (χ0v) is 12.3. The SMILES string of the molecule is CCC(C)CN(CC)Cc1cccc(C#CCO)c1. The summed E-state index contributed by atoms with van der Waals surface area (Å²) in [6, 6.07) is 8.27. The third kappa shape index (κ3) is 5.92. The van der Waals surface area contributed by atoms with Crippen LogP contribution in [0.4, 0.5) is 0 Å². The first kappa shape index (κ1) is 15.8. The Morgan fingerprint density at radius 3 is 2.74 bits per heavy atom. The molecule has 0 aromatic heterocycles. The van der Waals surface area contributed by atoms with E-state index in [1.165, 1.54) is 12.0 Å². The van der Waals surface area contributed by atoms with Gasteiger partial charge in [-0.1, -0.05) is 51.2 Å². The van der Waals surface area contributed by atoms with E-state index in [2.05, 4.69) is 49.6 Å². The monoisotopic (exact) mass is 259 g/mol. The lowest BCUT2D eigenvalue weighted by Gasteiger charge is -2.23. The summed E-state index contributed by atoms with van der Waals surface area (Å²) in [5, 5.41) is 8.72. The van der Waals surface area contributed by atoms with Crippen molar-refractivity contribution < 1.29 is 5.11 Å². The summed E-state index contributed by atoms with van der Waals surface area (Å²) < 4.78 is 0. The molecule has 0 bridgehead atoms. The molecule has 0 saturated heterocycles. The highest BCUT2D eigenvalue weighted by Gasteiger charge is 2.08. The highest BCUT2D eigenvalue weighted by Crippen LogP contribution is 2.11. The highest BCUT2D eigenvalue weighted by molar-refractivity contribution is 5.37. The minimum atomic E-state index is -0.0840. The van der Waals surface area contributed by atoms with Crippen LogP contribution >= 0.6 is 0 Å². The van der Waals surface area contributed by atoms with Crippen LogP contribution < -0.4 is 0 Å². The van der Waals surface area contributed by atoms with E-state index in [4.69, 9.17) is 5.11 Å². The van der Waals surface area contributed by atoms with Crippen molar-refractivity contribution in [1.29, 1.82) is 0 Å². The van der Waals surface area contributed by atoms with E-state index in [-0.39, 0.29) is 6.61 Å². The highest BCUT2D eigenvalue weighted by atomic mass is 16.2. The van der Waals surface area contributed by atoms with Gasteiger partial charge in [0, 0.05) is 18.7 Å². The summed E-state index contributed by atoms with van der Waals surface area (Å²) in [4.78, 5) is 2.47. The number of rotatable bonds is 6. The van der Waals surface area contributed by atoms with E-state index in [1.54, 1.807) is 0 Å². The van der Waals surface area contributed by atoms with Gasteiger partial charge in [0.25, 0.3) is 0 Å². The molecule has 0 aliphatic carbocycles. The molecule has 104 valence electrons. The molecule has 0 saturated carbocycles. The first-order valence-electron chi connectivity index (χ1n) is 7.10. The van der Waals surface area contributed by atoms with Crippen LogP contribution in [0.5, 0.6) is 0 Å². The summed E-state index contributed by atoms with van der Waals surface area (Å²) in [5.74, 6) is 6.39. The third-order valence-electron chi connectivity index (χ3n) is 3.36. The maximum Gasteiger partial charge on any atom is 0.104 e. The molecule has 2 heteroatoms. The number of aliphatic hydroxyl groups is 1. The Morgan fingerprint density at radius 2 is 2.11 bits per heavy atom.